The van der Waals surface area contributed by atoms with Crippen LogP contribution in [0.3, 0.4) is 0 Å². The first-order valence-corrected chi connectivity index (χ1v) is 10.1. The number of carbonyl (C=O) groups excluding carboxylic acids is 3. The molecule has 2 aromatic heterocycles. The Bertz CT molecular complexity index is 1020. The summed E-state index contributed by atoms with van der Waals surface area (Å²) >= 11 is 1.02. The van der Waals surface area contributed by atoms with Crippen molar-refractivity contribution in [2.75, 3.05) is 11.9 Å². The Balaban J connectivity index is 2.28. The normalized spacial score (nSPS) is 11.8. The van der Waals surface area contributed by atoms with Gasteiger partial charge in [0.25, 0.3) is 0 Å². The molecule has 0 saturated heterocycles. The lowest BCUT2D eigenvalue weighted by Crippen LogP contribution is -2.25. The lowest BCUT2D eigenvalue weighted by Gasteiger charge is -2.13. The first-order chi connectivity index (χ1) is 14.0. The smallest absolute Gasteiger partial charge is 0.341 e. The van der Waals surface area contributed by atoms with Crippen LogP contribution in [0.5, 0.6) is 0 Å². The van der Waals surface area contributed by atoms with Crippen LogP contribution in [0.15, 0.2) is 0 Å². The number of hydrogen-bond donors (Lipinski definition) is 1. The number of aryl methyl sites for hydroxylation is 1. The predicted octanol–water partition coefficient (Wildman–Crippen LogP) is 3.43. The van der Waals surface area contributed by atoms with Gasteiger partial charge in [-0.1, -0.05) is 6.92 Å². The average Bonchev–Trinajstić information content (AvgIpc) is 3.11. The van der Waals surface area contributed by atoms with E-state index in [4.69, 9.17) is 4.74 Å². The molecule has 0 saturated carbocycles. The van der Waals surface area contributed by atoms with Gasteiger partial charge in [-0.25, -0.2) is 4.79 Å². The molecule has 0 aliphatic rings. The van der Waals surface area contributed by atoms with Crippen molar-refractivity contribution < 1.29 is 24.0 Å². The molecule has 0 aliphatic heterocycles. The fraction of sp³-hybridized carbons (Fsp3) is 0.474. The summed E-state index contributed by atoms with van der Waals surface area (Å²) in [5, 5.41) is 18.3. The van der Waals surface area contributed by atoms with Crippen molar-refractivity contribution in [1.82, 2.24) is 9.78 Å². The van der Waals surface area contributed by atoms with Gasteiger partial charge in [-0.05, 0) is 40.2 Å². The number of ketones is 1. The molecule has 30 heavy (non-hydrogen) atoms. The number of nitrogens with one attached hydrogen (secondary N) is 1. The third-order valence-electron chi connectivity index (χ3n) is 4.60. The number of thiophene rings is 1. The highest BCUT2D eigenvalue weighted by Crippen LogP contribution is 2.34. The Hall–Kier alpha value is -3.08. The number of aromatic nitrogens is 2. The number of Topliss-reactive ketones (excluding diaryl/α,β-unsaturated/α-hetero) is 1. The van der Waals surface area contributed by atoms with E-state index in [1.165, 1.54) is 18.5 Å². The molecule has 0 fully saturated rings. The molecule has 0 aliphatic carbocycles. The number of carbonyl (C=O) groups is 3. The van der Waals surface area contributed by atoms with E-state index in [0.29, 0.717) is 16.1 Å². The van der Waals surface area contributed by atoms with Gasteiger partial charge in [0.15, 0.2) is 5.78 Å². The summed E-state index contributed by atoms with van der Waals surface area (Å²) in [6, 6.07) is 0. The number of ether oxygens (including phenoxy) is 1. The summed E-state index contributed by atoms with van der Waals surface area (Å²) in [6.07, 6.45) is 0. The van der Waals surface area contributed by atoms with Crippen molar-refractivity contribution in [3.05, 3.63) is 37.5 Å². The minimum atomic E-state index is -0.615. The number of hydrogen-bond acceptors (Lipinski definition) is 8. The summed E-state index contributed by atoms with van der Waals surface area (Å²) in [5.74, 6) is -1.85. The molecule has 2 rings (SSSR count). The first kappa shape index (κ1) is 23.2. The number of amides is 1. The number of esters is 1. The maximum atomic E-state index is 12.8. The lowest BCUT2D eigenvalue weighted by atomic mass is 10.1. The summed E-state index contributed by atoms with van der Waals surface area (Å²) < 4.78 is 6.48. The molecular formula is C19H24N4O6S. The van der Waals surface area contributed by atoms with Gasteiger partial charge in [-0.3, -0.25) is 24.4 Å². The molecule has 1 amide bonds. The molecule has 10 nitrogen and oxygen atoms in total. The van der Waals surface area contributed by atoms with E-state index < -0.39 is 22.7 Å². The van der Waals surface area contributed by atoms with E-state index in [-0.39, 0.29) is 40.9 Å². The Kier molecular flexibility index (Phi) is 7.08. The number of nitrogens with zero attached hydrogens (tertiary/aromatic N) is 3. The molecule has 2 aromatic rings. The zero-order chi connectivity index (χ0) is 22.7. The second kappa shape index (κ2) is 9.16. The largest absolute Gasteiger partial charge is 0.462 e. The second-order valence-corrected chi connectivity index (χ2v) is 7.91. The Morgan fingerprint density at radius 3 is 2.43 bits per heavy atom. The standard InChI is InChI=1S/C19H24N4O6S/c1-7-29-19(26)14-10(3)16(13(6)24)30-18(14)20-17(25)9(2)8-22-12(5)15(23(27)28)11(4)21-22/h9H,7-8H2,1-6H3,(H,20,25). The zero-order valence-corrected chi connectivity index (χ0v) is 18.5. The molecule has 1 N–H and O–H groups in total. The quantitative estimate of drug-likeness (QED) is 0.290. The summed E-state index contributed by atoms with van der Waals surface area (Å²) in [5.41, 5.74) is 1.18. The van der Waals surface area contributed by atoms with Crippen LogP contribution in [0, 0.1) is 36.8 Å². The topological polar surface area (TPSA) is 133 Å². The molecule has 1 atom stereocenters. The van der Waals surface area contributed by atoms with E-state index in [1.54, 1.807) is 27.7 Å². The van der Waals surface area contributed by atoms with Crippen LogP contribution in [0.2, 0.25) is 0 Å². The van der Waals surface area contributed by atoms with Gasteiger partial charge in [-0.15, -0.1) is 11.3 Å². The van der Waals surface area contributed by atoms with Crippen molar-refractivity contribution in [2.45, 2.75) is 48.1 Å². The molecule has 1 unspecified atom stereocenters. The van der Waals surface area contributed by atoms with Crippen LogP contribution < -0.4 is 5.32 Å². The van der Waals surface area contributed by atoms with E-state index in [2.05, 4.69) is 10.4 Å². The van der Waals surface area contributed by atoms with E-state index in [0.717, 1.165) is 11.3 Å². The molecule has 0 aromatic carbocycles. The SMILES string of the molecule is CCOC(=O)c1c(NC(=O)C(C)Cn2nc(C)c([N+](=O)[O-])c2C)sc(C(C)=O)c1C. The van der Waals surface area contributed by atoms with Crippen LogP contribution in [-0.2, 0) is 16.1 Å². The highest BCUT2D eigenvalue weighted by atomic mass is 32.1. The summed E-state index contributed by atoms with van der Waals surface area (Å²) in [4.78, 5) is 48.0. The highest BCUT2D eigenvalue weighted by molar-refractivity contribution is 7.18. The molecule has 11 heteroatoms. The molecule has 2 heterocycles. The maximum Gasteiger partial charge on any atom is 0.341 e. The van der Waals surface area contributed by atoms with E-state index >= 15 is 0 Å². The fourth-order valence-electron chi connectivity index (χ4n) is 3.09. The second-order valence-electron chi connectivity index (χ2n) is 6.89. The predicted molar refractivity (Wildman–Crippen MR) is 111 cm³/mol. The van der Waals surface area contributed by atoms with Crippen LogP contribution in [0.1, 0.15) is 57.8 Å². The molecular weight excluding hydrogens is 412 g/mol. The average molecular weight is 436 g/mol. The zero-order valence-electron chi connectivity index (χ0n) is 17.7. The van der Waals surface area contributed by atoms with Crippen LogP contribution >= 0.6 is 11.3 Å². The fourth-order valence-corrected chi connectivity index (χ4v) is 4.19. The minimum absolute atomic E-state index is 0.0767. The van der Waals surface area contributed by atoms with Crippen molar-refractivity contribution >= 4 is 39.7 Å². The highest BCUT2D eigenvalue weighted by Gasteiger charge is 2.28. The minimum Gasteiger partial charge on any atom is -0.462 e. The third kappa shape index (κ3) is 4.56. The number of nitro groups is 1. The molecule has 0 spiro atoms. The third-order valence-corrected chi connectivity index (χ3v) is 5.91. The monoisotopic (exact) mass is 436 g/mol. The summed E-state index contributed by atoms with van der Waals surface area (Å²) in [6.45, 7) is 9.72. The Morgan fingerprint density at radius 2 is 1.93 bits per heavy atom. The van der Waals surface area contributed by atoms with Gasteiger partial charge in [0.1, 0.15) is 16.4 Å². The van der Waals surface area contributed by atoms with Crippen LogP contribution in [0.4, 0.5) is 10.7 Å². The van der Waals surface area contributed by atoms with Gasteiger partial charge in [0.05, 0.1) is 34.4 Å². The lowest BCUT2D eigenvalue weighted by molar-refractivity contribution is -0.386. The van der Waals surface area contributed by atoms with Crippen molar-refractivity contribution in [3.8, 4) is 0 Å². The van der Waals surface area contributed by atoms with Gasteiger partial charge in [0.2, 0.25) is 5.91 Å². The van der Waals surface area contributed by atoms with Crippen molar-refractivity contribution in [1.29, 1.82) is 0 Å². The molecule has 162 valence electrons. The van der Waals surface area contributed by atoms with Gasteiger partial charge in [-0.2, -0.15) is 5.10 Å². The summed E-state index contributed by atoms with van der Waals surface area (Å²) in [7, 11) is 0. The van der Waals surface area contributed by atoms with Crippen molar-refractivity contribution in [3.63, 3.8) is 0 Å². The number of anilines is 1. The number of rotatable bonds is 8. The Labute approximate surface area is 177 Å². The van der Waals surface area contributed by atoms with Gasteiger partial charge >= 0.3 is 11.7 Å². The molecule has 0 bridgehead atoms. The van der Waals surface area contributed by atoms with Gasteiger partial charge in [0, 0.05) is 0 Å². The Morgan fingerprint density at radius 1 is 1.30 bits per heavy atom. The van der Waals surface area contributed by atoms with Crippen molar-refractivity contribution in [2.24, 2.45) is 5.92 Å². The van der Waals surface area contributed by atoms with Gasteiger partial charge < -0.3 is 10.1 Å². The first-order valence-electron chi connectivity index (χ1n) is 9.30. The maximum absolute atomic E-state index is 12.8. The van der Waals surface area contributed by atoms with E-state index in [1.807, 2.05) is 0 Å². The van der Waals surface area contributed by atoms with Crippen LogP contribution in [0.25, 0.3) is 0 Å². The molecule has 0 radical (unpaired) electrons. The van der Waals surface area contributed by atoms with E-state index in [9.17, 15) is 24.5 Å². The van der Waals surface area contributed by atoms with Crippen LogP contribution in [-0.4, -0.2) is 39.0 Å².